The van der Waals surface area contributed by atoms with E-state index < -0.39 is 28.4 Å². The number of halogens is 3. The van der Waals surface area contributed by atoms with Gasteiger partial charge in [0.15, 0.2) is 0 Å². The first kappa shape index (κ1) is 14.7. The van der Waals surface area contributed by atoms with Crippen molar-refractivity contribution in [2.24, 2.45) is 5.84 Å². The number of hydrogen-bond donors (Lipinski definition) is 2. The maximum atomic E-state index is 12.4. The Morgan fingerprint density at radius 1 is 1.39 bits per heavy atom. The van der Waals surface area contributed by atoms with Gasteiger partial charge in [-0.3, -0.25) is 14.4 Å². The fourth-order valence-electron chi connectivity index (χ4n) is 1.26. The van der Waals surface area contributed by atoms with Gasteiger partial charge in [-0.2, -0.15) is 13.2 Å². The van der Waals surface area contributed by atoms with Crippen molar-refractivity contribution >= 4 is 16.7 Å². The van der Waals surface area contributed by atoms with Crippen molar-refractivity contribution < 1.29 is 22.2 Å². The molecule has 0 fully saturated rings. The molecule has 0 radical (unpaired) electrons. The highest BCUT2D eigenvalue weighted by atomic mass is 32.2. The number of carbonyl (C=O) groups is 1. The van der Waals surface area contributed by atoms with Crippen LogP contribution in [0.25, 0.3) is 0 Å². The van der Waals surface area contributed by atoms with Crippen LogP contribution in [-0.4, -0.2) is 15.9 Å². The molecule has 1 rings (SSSR count). The molecule has 4 nitrogen and oxygen atoms in total. The van der Waals surface area contributed by atoms with Gasteiger partial charge in [-0.05, 0) is 11.6 Å². The van der Waals surface area contributed by atoms with Crippen molar-refractivity contribution in [3.05, 3.63) is 35.4 Å². The molecular formula is C10H11F3N2O2S. The monoisotopic (exact) mass is 280 g/mol. The molecule has 0 unspecified atom stereocenters. The summed E-state index contributed by atoms with van der Waals surface area (Å²) in [4.78, 5) is 10.8. The molecule has 0 aromatic heterocycles. The van der Waals surface area contributed by atoms with Gasteiger partial charge < -0.3 is 0 Å². The number of hydrazine groups is 1. The summed E-state index contributed by atoms with van der Waals surface area (Å²) in [5.41, 5.74) is 1.26. The second-order valence-electron chi connectivity index (χ2n) is 3.49. The summed E-state index contributed by atoms with van der Waals surface area (Å²) in [5, 5.41) is 0. The van der Waals surface area contributed by atoms with E-state index in [0.29, 0.717) is 0 Å². The molecule has 0 aliphatic heterocycles. The number of alkyl halides is 3. The number of amides is 1. The fourth-order valence-corrected chi connectivity index (χ4v) is 2.29. The average molecular weight is 280 g/mol. The molecule has 0 heterocycles. The van der Waals surface area contributed by atoms with Crippen LogP contribution in [-0.2, 0) is 27.5 Å². The highest BCUT2D eigenvalue weighted by molar-refractivity contribution is 7.84. The topological polar surface area (TPSA) is 72.2 Å². The van der Waals surface area contributed by atoms with E-state index >= 15 is 0 Å². The Kier molecular flexibility index (Phi) is 4.85. The molecule has 100 valence electrons. The first-order valence-corrected chi connectivity index (χ1v) is 6.32. The third-order valence-corrected chi connectivity index (χ3v) is 3.27. The summed E-state index contributed by atoms with van der Waals surface area (Å²) in [6, 6.07) is 4.50. The Hall–Kier alpha value is -1.41. The predicted octanol–water partition coefficient (Wildman–Crippen LogP) is 0.944. The Morgan fingerprint density at radius 2 is 2.06 bits per heavy atom. The molecule has 3 N–H and O–H groups in total. The van der Waals surface area contributed by atoms with Gasteiger partial charge in [-0.25, -0.2) is 5.84 Å². The van der Waals surface area contributed by atoms with E-state index in [4.69, 9.17) is 5.84 Å². The molecule has 1 aromatic rings. The molecule has 18 heavy (non-hydrogen) atoms. The number of hydrogen-bond acceptors (Lipinski definition) is 3. The summed E-state index contributed by atoms with van der Waals surface area (Å²) < 4.78 is 48.7. The normalized spacial score (nSPS) is 13.1. The molecule has 1 amide bonds. The zero-order valence-corrected chi connectivity index (χ0v) is 9.98. The standard InChI is InChI=1S/C10H11F3N2O2S/c11-10(12,13)8-3-1-2-7(4-8)5-18(17)6-9(16)15-14/h1-4H,5-6,14H2,(H,15,16)/t18-/m0/s1. The largest absolute Gasteiger partial charge is 0.416 e. The lowest BCUT2D eigenvalue weighted by Gasteiger charge is -2.08. The number of carbonyl (C=O) groups excluding carboxylic acids is 1. The van der Waals surface area contributed by atoms with E-state index in [1.807, 2.05) is 0 Å². The first-order chi connectivity index (χ1) is 8.32. The van der Waals surface area contributed by atoms with Crippen molar-refractivity contribution in [1.29, 1.82) is 0 Å². The summed E-state index contributed by atoms with van der Waals surface area (Å²) in [5.74, 6) is 3.72. The van der Waals surface area contributed by atoms with Crippen molar-refractivity contribution in [1.82, 2.24) is 5.43 Å². The molecule has 8 heteroatoms. The third-order valence-electron chi connectivity index (χ3n) is 2.04. The van der Waals surface area contributed by atoms with Crippen LogP contribution in [0.1, 0.15) is 11.1 Å². The van der Waals surface area contributed by atoms with Crippen molar-refractivity contribution in [3.63, 3.8) is 0 Å². The van der Waals surface area contributed by atoms with Crippen molar-refractivity contribution in [2.45, 2.75) is 11.9 Å². The van der Waals surface area contributed by atoms with E-state index in [1.165, 1.54) is 12.1 Å². The van der Waals surface area contributed by atoms with E-state index in [2.05, 4.69) is 0 Å². The van der Waals surface area contributed by atoms with E-state index in [9.17, 15) is 22.2 Å². The van der Waals surface area contributed by atoms with Gasteiger partial charge in [-0.15, -0.1) is 0 Å². The molecular weight excluding hydrogens is 269 g/mol. The molecule has 1 atom stereocenters. The first-order valence-electron chi connectivity index (χ1n) is 4.83. The van der Waals surface area contributed by atoms with Crippen LogP contribution >= 0.6 is 0 Å². The minimum absolute atomic E-state index is 0.128. The highest BCUT2D eigenvalue weighted by Crippen LogP contribution is 2.29. The number of nitrogens with one attached hydrogen (secondary N) is 1. The summed E-state index contributed by atoms with van der Waals surface area (Å²) in [6.07, 6.45) is -4.44. The van der Waals surface area contributed by atoms with Crippen molar-refractivity contribution in [2.75, 3.05) is 5.75 Å². The zero-order valence-electron chi connectivity index (χ0n) is 9.16. The molecule has 0 spiro atoms. The van der Waals surface area contributed by atoms with Gasteiger partial charge in [0.25, 0.3) is 0 Å². The summed E-state index contributed by atoms with van der Waals surface area (Å²) >= 11 is 0. The Balaban J connectivity index is 2.74. The van der Waals surface area contributed by atoms with Gasteiger partial charge in [0.05, 0.1) is 5.56 Å². The average Bonchev–Trinajstić information content (AvgIpc) is 2.27. The Bertz CT molecular complexity index is 463. The van der Waals surface area contributed by atoms with E-state index in [0.717, 1.165) is 12.1 Å². The van der Waals surface area contributed by atoms with Crippen LogP contribution < -0.4 is 11.3 Å². The minimum Gasteiger partial charge on any atom is -0.293 e. The lowest BCUT2D eigenvalue weighted by Crippen LogP contribution is -2.34. The fraction of sp³-hybridized carbons (Fsp3) is 0.300. The van der Waals surface area contributed by atoms with Crippen LogP contribution in [0.2, 0.25) is 0 Å². The quantitative estimate of drug-likeness (QED) is 0.490. The Labute approximate surface area is 104 Å². The van der Waals surface area contributed by atoms with Crippen molar-refractivity contribution in [3.8, 4) is 0 Å². The SMILES string of the molecule is NNC(=O)C[S@@](=O)Cc1cccc(C(F)(F)F)c1. The van der Waals surface area contributed by atoms with Gasteiger partial charge >= 0.3 is 6.18 Å². The highest BCUT2D eigenvalue weighted by Gasteiger charge is 2.30. The predicted molar refractivity (Wildman–Crippen MR) is 60.5 cm³/mol. The summed E-state index contributed by atoms with van der Waals surface area (Å²) in [6.45, 7) is 0. The molecule has 0 bridgehead atoms. The smallest absolute Gasteiger partial charge is 0.293 e. The second-order valence-corrected chi connectivity index (χ2v) is 4.95. The summed E-state index contributed by atoms with van der Waals surface area (Å²) in [7, 11) is -1.60. The van der Waals surface area contributed by atoms with Gasteiger partial charge in [0.1, 0.15) is 5.75 Å². The molecule has 0 saturated carbocycles. The van der Waals surface area contributed by atoms with Crippen LogP contribution in [0.15, 0.2) is 24.3 Å². The molecule has 0 aliphatic carbocycles. The number of benzene rings is 1. The third kappa shape index (κ3) is 4.46. The van der Waals surface area contributed by atoms with Crippen LogP contribution in [0.3, 0.4) is 0 Å². The van der Waals surface area contributed by atoms with Crippen LogP contribution in [0, 0.1) is 0 Å². The Morgan fingerprint density at radius 3 is 2.61 bits per heavy atom. The van der Waals surface area contributed by atoms with Gasteiger partial charge in [-0.1, -0.05) is 18.2 Å². The maximum Gasteiger partial charge on any atom is 0.416 e. The van der Waals surface area contributed by atoms with Gasteiger partial charge in [0.2, 0.25) is 5.91 Å². The minimum atomic E-state index is -4.44. The molecule has 1 aromatic carbocycles. The molecule has 0 aliphatic rings. The van der Waals surface area contributed by atoms with E-state index in [-0.39, 0.29) is 17.1 Å². The number of nitrogens with two attached hydrogens (primary N) is 1. The van der Waals surface area contributed by atoms with Crippen LogP contribution in [0.5, 0.6) is 0 Å². The van der Waals surface area contributed by atoms with Crippen LogP contribution in [0.4, 0.5) is 13.2 Å². The molecule has 0 saturated heterocycles. The zero-order chi connectivity index (χ0) is 13.8. The second kappa shape index (κ2) is 5.96. The lowest BCUT2D eigenvalue weighted by molar-refractivity contribution is -0.137. The van der Waals surface area contributed by atoms with E-state index in [1.54, 1.807) is 5.43 Å². The lowest BCUT2D eigenvalue weighted by atomic mass is 10.1. The van der Waals surface area contributed by atoms with Gasteiger partial charge in [0, 0.05) is 16.6 Å². The maximum absolute atomic E-state index is 12.4. The number of rotatable bonds is 4.